The number of carbonyl (C=O) groups is 3. The van der Waals surface area contributed by atoms with Gasteiger partial charge in [0.1, 0.15) is 6.54 Å². The predicted octanol–water partition coefficient (Wildman–Crippen LogP) is 2.59. The van der Waals surface area contributed by atoms with Crippen LogP contribution in [-0.2, 0) is 14.3 Å². The van der Waals surface area contributed by atoms with E-state index in [-0.39, 0.29) is 11.4 Å². The zero-order valence-electron chi connectivity index (χ0n) is 16.1. The Morgan fingerprint density at radius 2 is 1.80 bits per heavy atom. The van der Waals surface area contributed by atoms with Gasteiger partial charge in [0.25, 0.3) is 11.1 Å². The number of carbonyl (C=O) groups excluding carboxylic acids is 3. The van der Waals surface area contributed by atoms with Crippen molar-refractivity contribution in [2.45, 2.75) is 0 Å². The van der Waals surface area contributed by atoms with Gasteiger partial charge < -0.3 is 15.0 Å². The lowest BCUT2D eigenvalue weighted by molar-refractivity contribution is -0.127. The Balaban J connectivity index is 1.36. The first-order valence-electron chi connectivity index (χ1n) is 9.48. The number of benzene rings is 1. The van der Waals surface area contributed by atoms with Crippen LogP contribution >= 0.6 is 11.8 Å². The molecule has 8 nitrogen and oxygen atoms in total. The molecule has 0 bridgehead atoms. The Kier molecular flexibility index (Phi) is 6.10. The minimum absolute atomic E-state index is 0.286. The highest BCUT2D eigenvalue weighted by molar-refractivity contribution is 8.18. The third-order valence-electron chi connectivity index (χ3n) is 4.71. The molecule has 3 amide bonds. The maximum Gasteiger partial charge on any atom is 0.294 e. The van der Waals surface area contributed by atoms with E-state index in [1.165, 1.54) is 0 Å². The Morgan fingerprint density at radius 3 is 2.50 bits per heavy atom. The van der Waals surface area contributed by atoms with Crippen LogP contribution in [0.25, 0.3) is 6.08 Å². The lowest BCUT2D eigenvalue weighted by Gasteiger charge is -2.28. The van der Waals surface area contributed by atoms with Crippen LogP contribution in [0.1, 0.15) is 5.56 Å². The quantitative estimate of drug-likeness (QED) is 0.738. The molecule has 1 aromatic carbocycles. The van der Waals surface area contributed by atoms with Crippen LogP contribution in [0.4, 0.5) is 16.2 Å². The van der Waals surface area contributed by atoms with Gasteiger partial charge in [0.2, 0.25) is 5.91 Å². The summed E-state index contributed by atoms with van der Waals surface area (Å²) in [4.78, 5) is 44.5. The summed E-state index contributed by atoms with van der Waals surface area (Å²) in [6, 6.07) is 10.9. The molecule has 0 atom stereocenters. The van der Waals surface area contributed by atoms with Crippen molar-refractivity contribution in [3.8, 4) is 0 Å². The van der Waals surface area contributed by atoms with E-state index >= 15 is 0 Å². The number of hydrogen-bond acceptors (Lipinski definition) is 7. The minimum Gasteiger partial charge on any atom is -0.378 e. The number of imide groups is 1. The number of hydrogen-bond donors (Lipinski definition) is 1. The molecule has 0 unspecified atom stereocenters. The Labute approximate surface area is 177 Å². The van der Waals surface area contributed by atoms with Gasteiger partial charge in [0, 0.05) is 36.9 Å². The number of ether oxygens (including phenoxy) is 1. The highest BCUT2D eigenvalue weighted by Gasteiger charge is 2.36. The topological polar surface area (TPSA) is 91.8 Å². The molecule has 9 heteroatoms. The zero-order chi connectivity index (χ0) is 20.9. The molecule has 2 saturated heterocycles. The average molecular weight is 424 g/mol. The van der Waals surface area contributed by atoms with Gasteiger partial charge in [-0.3, -0.25) is 24.3 Å². The van der Waals surface area contributed by atoms with Crippen molar-refractivity contribution in [3.63, 3.8) is 0 Å². The number of anilines is 2. The van der Waals surface area contributed by atoms with Crippen LogP contribution in [0, 0.1) is 0 Å². The summed E-state index contributed by atoms with van der Waals surface area (Å²) < 4.78 is 5.35. The first-order valence-corrected chi connectivity index (χ1v) is 10.3. The highest BCUT2D eigenvalue weighted by Crippen LogP contribution is 2.32. The number of rotatable bonds is 5. The van der Waals surface area contributed by atoms with Crippen LogP contribution in [0.15, 0.2) is 53.7 Å². The van der Waals surface area contributed by atoms with E-state index in [0.29, 0.717) is 18.9 Å². The van der Waals surface area contributed by atoms with Crippen molar-refractivity contribution < 1.29 is 19.1 Å². The highest BCUT2D eigenvalue weighted by atomic mass is 32.2. The number of morpholine rings is 1. The normalized spacial score (nSPS) is 18.2. The molecule has 2 aliphatic heterocycles. The monoisotopic (exact) mass is 424 g/mol. The lowest BCUT2D eigenvalue weighted by Crippen LogP contribution is -2.36. The van der Waals surface area contributed by atoms with Crippen molar-refractivity contribution in [1.82, 2.24) is 9.88 Å². The molecule has 0 radical (unpaired) electrons. The molecular weight excluding hydrogens is 404 g/mol. The first-order chi connectivity index (χ1) is 14.6. The van der Waals surface area contributed by atoms with Gasteiger partial charge in [-0.2, -0.15) is 0 Å². The third-order valence-corrected chi connectivity index (χ3v) is 5.61. The van der Waals surface area contributed by atoms with E-state index < -0.39 is 17.1 Å². The van der Waals surface area contributed by atoms with E-state index in [1.54, 1.807) is 42.7 Å². The summed E-state index contributed by atoms with van der Waals surface area (Å²) in [5.74, 6) is -0.902. The maximum atomic E-state index is 12.5. The second-order valence-corrected chi connectivity index (χ2v) is 7.74. The summed E-state index contributed by atoms with van der Waals surface area (Å²) in [5.41, 5.74) is 2.43. The molecule has 2 aliphatic rings. The first kappa shape index (κ1) is 20.1. The predicted molar refractivity (Wildman–Crippen MR) is 115 cm³/mol. The van der Waals surface area contributed by atoms with E-state index in [0.717, 1.165) is 41.0 Å². The lowest BCUT2D eigenvalue weighted by atomic mass is 10.2. The summed E-state index contributed by atoms with van der Waals surface area (Å²) in [7, 11) is 0. The number of thioether (sulfide) groups is 1. The van der Waals surface area contributed by atoms with Gasteiger partial charge in [-0.25, -0.2) is 0 Å². The van der Waals surface area contributed by atoms with Gasteiger partial charge in [-0.1, -0.05) is 0 Å². The van der Waals surface area contributed by atoms with E-state index in [1.807, 2.05) is 12.1 Å². The largest absolute Gasteiger partial charge is 0.378 e. The molecular formula is C21H20N4O4S. The second kappa shape index (κ2) is 9.10. The summed E-state index contributed by atoms with van der Waals surface area (Å²) in [6.07, 6.45) is 4.83. The van der Waals surface area contributed by atoms with Gasteiger partial charge in [0.15, 0.2) is 0 Å². The molecule has 1 aromatic heterocycles. The number of pyridine rings is 1. The molecule has 0 spiro atoms. The fourth-order valence-corrected chi connectivity index (χ4v) is 4.01. The van der Waals surface area contributed by atoms with Gasteiger partial charge in [-0.15, -0.1) is 0 Å². The third kappa shape index (κ3) is 4.69. The van der Waals surface area contributed by atoms with Crippen LogP contribution in [-0.4, -0.2) is 59.8 Å². The molecule has 30 heavy (non-hydrogen) atoms. The van der Waals surface area contributed by atoms with Crippen molar-refractivity contribution in [1.29, 1.82) is 0 Å². The SMILES string of the molecule is O=C(CN1C(=O)S/C(=C/c2ccncc2)C1=O)Nc1ccc(N2CCOCC2)cc1. The van der Waals surface area contributed by atoms with E-state index in [2.05, 4.69) is 15.2 Å². The van der Waals surface area contributed by atoms with Gasteiger partial charge in [0.05, 0.1) is 18.1 Å². The Morgan fingerprint density at radius 1 is 1.10 bits per heavy atom. The minimum atomic E-state index is -0.473. The van der Waals surface area contributed by atoms with Crippen molar-refractivity contribution >= 4 is 46.3 Å². The number of nitrogens with zero attached hydrogens (tertiary/aromatic N) is 3. The molecule has 3 heterocycles. The molecule has 0 saturated carbocycles. The summed E-state index contributed by atoms with van der Waals surface area (Å²) in [6.45, 7) is 2.73. The number of nitrogens with one attached hydrogen (secondary N) is 1. The smallest absolute Gasteiger partial charge is 0.294 e. The zero-order valence-corrected chi connectivity index (χ0v) is 16.9. The molecule has 154 valence electrons. The van der Waals surface area contributed by atoms with Gasteiger partial charge >= 0.3 is 0 Å². The van der Waals surface area contributed by atoms with Crippen LogP contribution in [0.5, 0.6) is 0 Å². The van der Waals surface area contributed by atoms with Gasteiger partial charge in [-0.05, 0) is 59.8 Å². The maximum absolute atomic E-state index is 12.5. The molecule has 1 N–H and O–H groups in total. The van der Waals surface area contributed by atoms with E-state index in [9.17, 15) is 14.4 Å². The fraction of sp³-hybridized carbons (Fsp3) is 0.238. The van der Waals surface area contributed by atoms with Crippen LogP contribution in [0.3, 0.4) is 0 Å². The average Bonchev–Trinajstić information content (AvgIpc) is 3.03. The van der Waals surface area contributed by atoms with Crippen molar-refractivity contribution in [2.75, 3.05) is 43.1 Å². The molecule has 2 fully saturated rings. The Hall–Kier alpha value is -3.17. The van der Waals surface area contributed by atoms with Crippen molar-refractivity contribution in [2.24, 2.45) is 0 Å². The molecule has 2 aromatic rings. The van der Waals surface area contributed by atoms with Crippen LogP contribution < -0.4 is 10.2 Å². The summed E-state index contributed by atoms with van der Waals surface area (Å²) in [5, 5.41) is 2.28. The summed E-state index contributed by atoms with van der Waals surface area (Å²) >= 11 is 0.825. The molecule has 0 aliphatic carbocycles. The fourth-order valence-electron chi connectivity index (χ4n) is 3.17. The standard InChI is InChI=1S/C21H20N4O4S/c26-19(23-16-1-3-17(4-2-16)24-9-11-29-12-10-24)14-25-20(27)18(30-21(25)28)13-15-5-7-22-8-6-15/h1-8,13H,9-12,14H2,(H,23,26)/b18-13+. The number of aromatic nitrogens is 1. The van der Waals surface area contributed by atoms with Crippen molar-refractivity contribution in [3.05, 3.63) is 59.3 Å². The van der Waals surface area contributed by atoms with Crippen LogP contribution in [0.2, 0.25) is 0 Å². The Bertz CT molecular complexity index is 972. The number of amides is 3. The molecule has 4 rings (SSSR count). The van der Waals surface area contributed by atoms with E-state index in [4.69, 9.17) is 4.74 Å². The second-order valence-electron chi connectivity index (χ2n) is 6.74.